The second kappa shape index (κ2) is 7.65. The third-order valence-corrected chi connectivity index (χ3v) is 4.49. The van der Waals surface area contributed by atoms with E-state index in [2.05, 4.69) is 46.4 Å². The first-order valence-electron chi connectivity index (χ1n) is 6.89. The summed E-state index contributed by atoms with van der Waals surface area (Å²) in [4.78, 5) is 5.68. The Morgan fingerprint density at radius 1 is 1.25 bits per heavy atom. The highest BCUT2D eigenvalue weighted by Crippen LogP contribution is 2.24. The molecule has 1 aromatic carbocycles. The van der Waals surface area contributed by atoms with Crippen LogP contribution in [0.2, 0.25) is 0 Å². The minimum atomic E-state index is -0.165. The van der Waals surface area contributed by atoms with E-state index in [1.807, 2.05) is 0 Å². The van der Waals surface area contributed by atoms with Crippen molar-refractivity contribution in [1.82, 2.24) is 9.80 Å². The number of thioether (sulfide) groups is 1. The van der Waals surface area contributed by atoms with Crippen LogP contribution in [-0.2, 0) is 0 Å². The summed E-state index contributed by atoms with van der Waals surface area (Å²) in [6.07, 6.45) is 2.05. The van der Waals surface area contributed by atoms with Gasteiger partial charge in [0.25, 0.3) is 0 Å². The fourth-order valence-electron chi connectivity index (χ4n) is 2.54. The van der Waals surface area contributed by atoms with Crippen molar-refractivity contribution in [2.45, 2.75) is 10.9 Å². The number of aliphatic hydroxyl groups is 1. The first-order valence-corrected chi connectivity index (χ1v) is 8.12. The summed E-state index contributed by atoms with van der Waals surface area (Å²) in [7, 11) is 0. The Hall–Kier alpha value is -1.06. The van der Waals surface area contributed by atoms with E-state index in [1.165, 1.54) is 4.90 Å². The van der Waals surface area contributed by atoms with Crippen molar-refractivity contribution < 1.29 is 5.11 Å². The molecule has 1 N–H and O–H groups in total. The van der Waals surface area contributed by atoms with Crippen molar-refractivity contribution in [2.24, 2.45) is 0 Å². The van der Waals surface area contributed by atoms with Crippen molar-refractivity contribution in [2.75, 3.05) is 45.6 Å². The predicted octanol–water partition coefficient (Wildman–Crippen LogP) is 1.58. The van der Waals surface area contributed by atoms with Gasteiger partial charge in [-0.3, -0.25) is 9.80 Å². The largest absolute Gasteiger partial charge is 0.395 e. The lowest BCUT2D eigenvalue weighted by Crippen LogP contribution is -2.48. The Morgan fingerprint density at radius 3 is 2.40 bits per heavy atom. The number of rotatable bonds is 5. The Labute approximate surface area is 125 Å². The molecule has 0 aliphatic carbocycles. The molecule has 0 amide bonds. The molecule has 0 spiro atoms. The van der Waals surface area contributed by atoms with Gasteiger partial charge < -0.3 is 5.11 Å². The summed E-state index contributed by atoms with van der Waals surface area (Å²) in [5, 5.41) is 18.4. The molecule has 0 bridgehead atoms. The number of nitriles is 1. The number of hydrogen-bond acceptors (Lipinski definition) is 5. The zero-order chi connectivity index (χ0) is 14.4. The van der Waals surface area contributed by atoms with Crippen molar-refractivity contribution in [1.29, 1.82) is 5.26 Å². The van der Waals surface area contributed by atoms with E-state index in [0.29, 0.717) is 0 Å². The summed E-state index contributed by atoms with van der Waals surface area (Å²) in [6.45, 7) is 4.53. The molecule has 0 aromatic heterocycles. The molecule has 1 fully saturated rings. The Balaban J connectivity index is 2.00. The molecule has 1 aliphatic rings. The lowest BCUT2D eigenvalue weighted by molar-refractivity contribution is 0.0982. The molecular formula is C15H21N3OS. The van der Waals surface area contributed by atoms with Gasteiger partial charge in [0, 0.05) is 37.6 Å². The lowest BCUT2D eigenvalue weighted by atomic mass is 10.1. The summed E-state index contributed by atoms with van der Waals surface area (Å²) < 4.78 is 0. The van der Waals surface area contributed by atoms with Crippen LogP contribution in [0.25, 0.3) is 0 Å². The standard InChI is InChI=1S/C15H21N3OS/c1-20-14-4-2-13(3-5-14)15(12-16)18-8-6-17(7-9-18)10-11-19/h2-5,15,19H,6-11H2,1H3. The van der Waals surface area contributed by atoms with Gasteiger partial charge in [0.1, 0.15) is 6.04 Å². The lowest BCUT2D eigenvalue weighted by Gasteiger charge is -2.36. The molecule has 108 valence electrons. The molecule has 0 radical (unpaired) electrons. The van der Waals surface area contributed by atoms with Gasteiger partial charge in [-0.15, -0.1) is 11.8 Å². The molecular weight excluding hydrogens is 270 g/mol. The molecule has 1 unspecified atom stereocenters. The first kappa shape index (κ1) is 15.3. The van der Waals surface area contributed by atoms with Crippen LogP contribution in [0, 0.1) is 11.3 Å². The van der Waals surface area contributed by atoms with E-state index in [4.69, 9.17) is 5.11 Å². The monoisotopic (exact) mass is 291 g/mol. The SMILES string of the molecule is CSc1ccc(C(C#N)N2CCN(CCO)CC2)cc1. The van der Waals surface area contributed by atoms with Gasteiger partial charge in [-0.25, -0.2) is 0 Å². The number of hydrogen-bond donors (Lipinski definition) is 1. The Bertz CT molecular complexity index is 449. The Kier molecular flexibility index (Phi) is 5.86. The van der Waals surface area contributed by atoms with Gasteiger partial charge in [0.05, 0.1) is 12.7 Å². The van der Waals surface area contributed by atoms with Crippen LogP contribution >= 0.6 is 11.8 Å². The van der Waals surface area contributed by atoms with Crippen LogP contribution in [0.4, 0.5) is 0 Å². The van der Waals surface area contributed by atoms with E-state index < -0.39 is 0 Å². The highest BCUT2D eigenvalue weighted by molar-refractivity contribution is 7.98. The van der Waals surface area contributed by atoms with Crippen molar-refractivity contribution in [3.05, 3.63) is 29.8 Å². The average molecular weight is 291 g/mol. The van der Waals surface area contributed by atoms with Crippen molar-refractivity contribution in [3.63, 3.8) is 0 Å². The molecule has 4 nitrogen and oxygen atoms in total. The van der Waals surface area contributed by atoms with E-state index in [0.717, 1.165) is 38.3 Å². The first-order chi connectivity index (χ1) is 9.78. The van der Waals surface area contributed by atoms with Crippen molar-refractivity contribution in [3.8, 4) is 6.07 Å². The fourth-order valence-corrected chi connectivity index (χ4v) is 2.95. The fraction of sp³-hybridized carbons (Fsp3) is 0.533. The minimum Gasteiger partial charge on any atom is -0.395 e. The molecule has 1 aliphatic heterocycles. The summed E-state index contributed by atoms with van der Waals surface area (Å²) >= 11 is 1.71. The number of β-amino-alcohol motifs (C(OH)–C–C–N with tert-alkyl or cyclic N) is 1. The van der Waals surface area contributed by atoms with Crippen LogP contribution in [0.1, 0.15) is 11.6 Å². The molecule has 2 rings (SSSR count). The third-order valence-electron chi connectivity index (χ3n) is 3.74. The Morgan fingerprint density at radius 2 is 1.90 bits per heavy atom. The van der Waals surface area contributed by atoms with E-state index in [1.54, 1.807) is 11.8 Å². The smallest absolute Gasteiger partial charge is 0.123 e. The normalized spacial score (nSPS) is 18.6. The van der Waals surface area contributed by atoms with Gasteiger partial charge in [-0.1, -0.05) is 12.1 Å². The maximum Gasteiger partial charge on any atom is 0.123 e. The van der Waals surface area contributed by atoms with Gasteiger partial charge in [0.15, 0.2) is 0 Å². The average Bonchev–Trinajstić information content (AvgIpc) is 2.51. The van der Waals surface area contributed by atoms with Gasteiger partial charge >= 0.3 is 0 Å². The minimum absolute atomic E-state index is 0.165. The van der Waals surface area contributed by atoms with E-state index >= 15 is 0 Å². The molecule has 1 aromatic rings. The number of nitrogens with zero attached hydrogens (tertiary/aromatic N) is 3. The van der Waals surface area contributed by atoms with Gasteiger partial charge in [-0.05, 0) is 24.0 Å². The maximum absolute atomic E-state index is 9.48. The third kappa shape index (κ3) is 3.74. The molecule has 1 heterocycles. The summed E-state index contributed by atoms with van der Waals surface area (Å²) in [5.41, 5.74) is 1.07. The molecule has 1 saturated heterocycles. The van der Waals surface area contributed by atoms with E-state index in [-0.39, 0.29) is 12.6 Å². The van der Waals surface area contributed by atoms with Crippen LogP contribution in [0.3, 0.4) is 0 Å². The van der Waals surface area contributed by atoms with E-state index in [9.17, 15) is 5.26 Å². The second-order valence-corrected chi connectivity index (χ2v) is 5.79. The number of benzene rings is 1. The van der Waals surface area contributed by atoms with Gasteiger partial charge in [-0.2, -0.15) is 5.26 Å². The summed E-state index contributed by atoms with van der Waals surface area (Å²) in [6, 6.07) is 10.5. The van der Waals surface area contributed by atoms with Crippen LogP contribution in [0.15, 0.2) is 29.2 Å². The number of piperazine rings is 1. The van der Waals surface area contributed by atoms with Crippen LogP contribution < -0.4 is 0 Å². The van der Waals surface area contributed by atoms with Crippen molar-refractivity contribution >= 4 is 11.8 Å². The molecule has 1 atom stereocenters. The maximum atomic E-state index is 9.48. The quantitative estimate of drug-likeness (QED) is 0.835. The zero-order valence-corrected chi connectivity index (χ0v) is 12.6. The molecule has 0 saturated carbocycles. The zero-order valence-electron chi connectivity index (χ0n) is 11.8. The van der Waals surface area contributed by atoms with Crippen LogP contribution in [-0.4, -0.2) is 60.5 Å². The predicted molar refractivity (Wildman–Crippen MR) is 81.7 cm³/mol. The topological polar surface area (TPSA) is 50.5 Å². The van der Waals surface area contributed by atoms with Gasteiger partial charge in [0.2, 0.25) is 0 Å². The molecule has 20 heavy (non-hydrogen) atoms. The highest BCUT2D eigenvalue weighted by atomic mass is 32.2. The van der Waals surface area contributed by atoms with Crippen LogP contribution in [0.5, 0.6) is 0 Å². The number of aliphatic hydroxyl groups excluding tert-OH is 1. The summed E-state index contributed by atoms with van der Waals surface area (Å²) in [5.74, 6) is 0. The second-order valence-electron chi connectivity index (χ2n) is 4.91. The highest BCUT2D eigenvalue weighted by Gasteiger charge is 2.24. The molecule has 5 heteroatoms.